The number of nitrogens with zero attached hydrogens (tertiary/aromatic N) is 1. The van der Waals surface area contributed by atoms with Crippen molar-refractivity contribution in [1.82, 2.24) is 4.90 Å². The van der Waals surface area contributed by atoms with Crippen molar-refractivity contribution >= 4 is 0 Å². The fraction of sp³-hybridized carbons (Fsp3) is 1.00. The van der Waals surface area contributed by atoms with Crippen LogP contribution in [0.3, 0.4) is 0 Å². The van der Waals surface area contributed by atoms with E-state index in [1.165, 1.54) is 0 Å². The van der Waals surface area contributed by atoms with Gasteiger partial charge in [-0.1, -0.05) is 0 Å². The van der Waals surface area contributed by atoms with Crippen LogP contribution in [0.5, 0.6) is 0 Å². The first-order valence-corrected chi connectivity index (χ1v) is 4.13. The summed E-state index contributed by atoms with van der Waals surface area (Å²) < 4.78 is 0. The summed E-state index contributed by atoms with van der Waals surface area (Å²) in [5.74, 6) is 0. The molecule has 1 rings (SSSR count). The van der Waals surface area contributed by atoms with Crippen LogP contribution in [0, 0.1) is 0 Å². The highest BCUT2D eigenvalue weighted by Crippen LogP contribution is 2.32. The SMILES string of the molecule is CN(C)CCC1(N)CC(O)C1. The molecule has 0 heterocycles. The van der Waals surface area contributed by atoms with Crippen LogP contribution >= 0.6 is 0 Å². The Morgan fingerprint density at radius 2 is 2.09 bits per heavy atom. The van der Waals surface area contributed by atoms with Gasteiger partial charge in [-0.15, -0.1) is 0 Å². The zero-order valence-corrected chi connectivity index (χ0v) is 7.38. The van der Waals surface area contributed by atoms with Crippen LogP contribution < -0.4 is 5.73 Å². The standard InChI is InChI=1S/C8H18N2O/c1-10(2)4-3-8(9)5-7(11)6-8/h7,11H,3-6,9H2,1-2H3. The first kappa shape index (κ1) is 8.97. The van der Waals surface area contributed by atoms with Gasteiger partial charge in [0, 0.05) is 5.54 Å². The predicted octanol–water partition coefficient (Wildman–Crippen LogP) is -0.210. The molecule has 0 aromatic heterocycles. The second-order valence-electron chi connectivity index (χ2n) is 3.98. The van der Waals surface area contributed by atoms with Gasteiger partial charge >= 0.3 is 0 Å². The third-order valence-corrected chi connectivity index (χ3v) is 2.34. The molecule has 0 saturated heterocycles. The lowest BCUT2D eigenvalue weighted by Crippen LogP contribution is -2.55. The maximum absolute atomic E-state index is 9.06. The normalized spacial score (nSPS) is 37.4. The molecule has 0 aliphatic heterocycles. The Morgan fingerprint density at radius 1 is 1.55 bits per heavy atom. The van der Waals surface area contributed by atoms with E-state index < -0.39 is 0 Å². The lowest BCUT2D eigenvalue weighted by Gasteiger charge is -2.42. The van der Waals surface area contributed by atoms with Gasteiger partial charge in [0.1, 0.15) is 0 Å². The molecular weight excluding hydrogens is 140 g/mol. The summed E-state index contributed by atoms with van der Waals surface area (Å²) in [5.41, 5.74) is 5.89. The molecule has 0 radical (unpaired) electrons. The maximum atomic E-state index is 9.06. The van der Waals surface area contributed by atoms with Gasteiger partial charge in [-0.3, -0.25) is 0 Å². The summed E-state index contributed by atoms with van der Waals surface area (Å²) in [6.07, 6.45) is 2.42. The second kappa shape index (κ2) is 3.09. The van der Waals surface area contributed by atoms with E-state index in [9.17, 15) is 0 Å². The molecule has 1 aliphatic carbocycles. The van der Waals surface area contributed by atoms with Crippen LogP contribution in [0.4, 0.5) is 0 Å². The summed E-state index contributed by atoms with van der Waals surface area (Å²) in [5, 5.41) is 9.06. The summed E-state index contributed by atoms with van der Waals surface area (Å²) in [4.78, 5) is 2.12. The summed E-state index contributed by atoms with van der Waals surface area (Å²) in [6.45, 7) is 1.02. The number of hydrogen-bond acceptors (Lipinski definition) is 3. The minimum Gasteiger partial charge on any atom is -0.393 e. The fourth-order valence-corrected chi connectivity index (χ4v) is 1.53. The molecule has 3 N–H and O–H groups in total. The average molecular weight is 158 g/mol. The second-order valence-corrected chi connectivity index (χ2v) is 3.98. The Bertz CT molecular complexity index is 130. The Hall–Kier alpha value is -0.120. The number of rotatable bonds is 3. The molecule has 1 aliphatic rings. The number of nitrogens with two attached hydrogens (primary N) is 1. The lowest BCUT2D eigenvalue weighted by atomic mass is 9.73. The van der Waals surface area contributed by atoms with Gasteiger partial charge in [-0.25, -0.2) is 0 Å². The summed E-state index contributed by atoms with van der Waals surface area (Å²) in [6, 6.07) is 0. The van der Waals surface area contributed by atoms with Gasteiger partial charge in [0.25, 0.3) is 0 Å². The smallest absolute Gasteiger partial charge is 0.0575 e. The summed E-state index contributed by atoms with van der Waals surface area (Å²) >= 11 is 0. The van der Waals surface area contributed by atoms with Crippen LogP contribution in [0.25, 0.3) is 0 Å². The number of hydrogen-bond donors (Lipinski definition) is 2. The van der Waals surface area contributed by atoms with Crippen molar-refractivity contribution in [1.29, 1.82) is 0 Å². The molecule has 3 heteroatoms. The van der Waals surface area contributed by atoms with E-state index >= 15 is 0 Å². The lowest BCUT2D eigenvalue weighted by molar-refractivity contribution is 0.0158. The van der Waals surface area contributed by atoms with Crippen molar-refractivity contribution < 1.29 is 5.11 Å². The van der Waals surface area contributed by atoms with Crippen LogP contribution in [-0.2, 0) is 0 Å². The van der Waals surface area contributed by atoms with Crippen molar-refractivity contribution in [2.45, 2.75) is 30.9 Å². The van der Waals surface area contributed by atoms with Crippen molar-refractivity contribution in [2.24, 2.45) is 5.73 Å². The van der Waals surface area contributed by atoms with E-state index in [0.717, 1.165) is 25.8 Å². The Kier molecular flexibility index (Phi) is 2.52. The Morgan fingerprint density at radius 3 is 2.45 bits per heavy atom. The van der Waals surface area contributed by atoms with E-state index in [1.54, 1.807) is 0 Å². The van der Waals surface area contributed by atoms with E-state index in [1.807, 2.05) is 14.1 Å². The zero-order valence-electron chi connectivity index (χ0n) is 7.38. The maximum Gasteiger partial charge on any atom is 0.0575 e. The van der Waals surface area contributed by atoms with Crippen molar-refractivity contribution in [3.63, 3.8) is 0 Å². The monoisotopic (exact) mass is 158 g/mol. The van der Waals surface area contributed by atoms with E-state index in [2.05, 4.69) is 4.90 Å². The minimum atomic E-state index is -0.137. The molecule has 0 atom stereocenters. The molecule has 3 nitrogen and oxygen atoms in total. The molecule has 11 heavy (non-hydrogen) atoms. The molecule has 0 aromatic carbocycles. The molecule has 66 valence electrons. The van der Waals surface area contributed by atoms with E-state index in [-0.39, 0.29) is 11.6 Å². The third-order valence-electron chi connectivity index (χ3n) is 2.34. The molecule has 0 bridgehead atoms. The largest absolute Gasteiger partial charge is 0.393 e. The zero-order chi connectivity index (χ0) is 8.48. The van der Waals surface area contributed by atoms with Crippen LogP contribution in [-0.4, -0.2) is 42.3 Å². The summed E-state index contributed by atoms with van der Waals surface area (Å²) in [7, 11) is 4.08. The van der Waals surface area contributed by atoms with Gasteiger partial charge in [-0.2, -0.15) is 0 Å². The molecular formula is C8H18N2O. The average Bonchev–Trinajstić information content (AvgIpc) is 1.81. The van der Waals surface area contributed by atoms with Gasteiger partial charge in [0.15, 0.2) is 0 Å². The highest BCUT2D eigenvalue weighted by atomic mass is 16.3. The molecule has 0 amide bonds. The Labute approximate surface area is 68.2 Å². The highest BCUT2D eigenvalue weighted by Gasteiger charge is 2.39. The van der Waals surface area contributed by atoms with E-state index in [0.29, 0.717) is 0 Å². The van der Waals surface area contributed by atoms with Crippen molar-refractivity contribution in [3.8, 4) is 0 Å². The molecule has 1 fully saturated rings. The molecule has 1 saturated carbocycles. The third kappa shape index (κ3) is 2.43. The van der Waals surface area contributed by atoms with Crippen LogP contribution in [0.2, 0.25) is 0 Å². The fourth-order valence-electron chi connectivity index (χ4n) is 1.53. The van der Waals surface area contributed by atoms with E-state index in [4.69, 9.17) is 10.8 Å². The topological polar surface area (TPSA) is 49.5 Å². The first-order chi connectivity index (χ1) is 5.02. The molecule has 0 unspecified atom stereocenters. The van der Waals surface area contributed by atoms with Gasteiger partial charge < -0.3 is 15.7 Å². The molecule has 0 spiro atoms. The number of aliphatic hydroxyl groups excluding tert-OH is 1. The van der Waals surface area contributed by atoms with Crippen LogP contribution in [0.15, 0.2) is 0 Å². The first-order valence-electron chi connectivity index (χ1n) is 4.13. The van der Waals surface area contributed by atoms with Gasteiger partial charge in [-0.05, 0) is 39.9 Å². The minimum absolute atomic E-state index is 0.0658. The highest BCUT2D eigenvalue weighted by molar-refractivity contribution is 4.98. The van der Waals surface area contributed by atoms with Crippen LogP contribution in [0.1, 0.15) is 19.3 Å². The van der Waals surface area contributed by atoms with Gasteiger partial charge in [0.05, 0.1) is 6.10 Å². The number of aliphatic hydroxyl groups is 1. The van der Waals surface area contributed by atoms with Crippen molar-refractivity contribution in [2.75, 3.05) is 20.6 Å². The van der Waals surface area contributed by atoms with Gasteiger partial charge in [0.2, 0.25) is 0 Å². The quantitative estimate of drug-likeness (QED) is 0.597. The van der Waals surface area contributed by atoms with Crippen molar-refractivity contribution in [3.05, 3.63) is 0 Å². The predicted molar refractivity (Wildman–Crippen MR) is 45.3 cm³/mol. The molecule has 0 aromatic rings. The Balaban J connectivity index is 2.16.